The normalized spacial score (nSPS) is 31.8. The molecule has 3 aromatic heterocycles. The van der Waals surface area contributed by atoms with Crippen LogP contribution in [0.5, 0.6) is 0 Å². The first-order valence-corrected chi connectivity index (χ1v) is 13.0. The Morgan fingerprint density at radius 1 is 1.03 bits per heavy atom. The van der Waals surface area contributed by atoms with Crippen molar-refractivity contribution in [2.45, 2.75) is 44.9 Å². The zero-order valence-electron chi connectivity index (χ0n) is 19.9. The summed E-state index contributed by atoms with van der Waals surface area (Å²) < 4.78 is 1.74. The summed E-state index contributed by atoms with van der Waals surface area (Å²) in [6.07, 6.45) is 14.1. The third-order valence-corrected chi connectivity index (χ3v) is 9.62. The van der Waals surface area contributed by atoms with Crippen molar-refractivity contribution >= 4 is 17.5 Å². The smallest absolute Gasteiger partial charge is 0.271 e. The van der Waals surface area contributed by atoms with Crippen LogP contribution in [0.3, 0.4) is 0 Å². The standard InChI is InChI=1S/C28H31N5O2/c34-25(30-11-7-18-5-9-29-10-6-18)22-16-33-23(2-1-3-24(33)32-22)26(35)31-17-27-12-19-4-8-28(21(19)15-27)14-20(28)13-27/h1-3,5-6,9-10,16,19-21H,4,7-8,11-15,17H2,(H,30,34)(H,31,35). The minimum atomic E-state index is -0.236. The summed E-state index contributed by atoms with van der Waals surface area (Å²) in [5.41, 5.74) is 3.55. The average Bonchev–Trinajstić information content (AvgIpc) is 3.14. The molecule has 7 heteroatoms. The van der Waals surface area contributed by atoms with Gasteiger partial charge >= 0.3 is 0 Å². The second kappa shape index (κ2) is 7.64. The van der Waals surface area contributed by atoms with Crippen molar-refractivity contribution < 1.29 is 9.59 Å². The molecule has 4 fully saturated rings. The van der Waals surface area contributed by atoms with Crippen molar-refractivity contribution in [1.29, 1.82) is 0 Å². The molecular weight excluding hydrogens is 438 g/mol. The van der Waals surface area contributed by atoms with E-state index in [-0.39, 0.29) is 11.8 Å². The highest BCUT2D eigenvalue weighted by Crippen LogP contribution is 2.79. The molecule has 1 spiro atoms. The number of hydrogen-bond acceptors (Lipinski definition) is 4. The molecule has 0 aliphatic heterocycles. The predicted molar refractivity (Wildman–Crippen MR) is 131 cm³/mol. The van der Waals surface area contributed by atoms with Gasteiger partial charge in [0.25, 0.3) is 11.8 Å². The maximum absolute atomic E-state index is 13.3. The Hall–Kier alpha value is -3.22. The second-order valence-corrected chi connectivity index (χ2v) is 11.5. The summed E-state index contributed by atoms with van der Waals surface area (Å²) >= 11 is 0. The Bertz CT molecular complexity index is 1320. The Morgan fingerprint density at radius 2 is 1.91 bits per heavy atom. The first-order chi connectivity index (χ1) is 17.1. The summed E-state index contributed by atoms with van der Waals surface area (Å²) in [5.74, 6) is 2.38. The number of imidazole rings is 1. The molecule has 0 radical (unpaired) electrons. The van der Waals surface area contributed by atoms with E-state index in [0.29, 0.717) is 34.4 Å². The second-order valence-electron chi connectivity index (χ2n) is 11.5. The summed E-state index contributed by atoms with van der Waals surface area (Å²) in [4.78, 5) is 34.5. The van der Waals surface area contributed by atoms with E-state index in [0.717, 1.165) is 36.3 Å². The first kappa shape index (κ1) is 21.1. The maximum atomic E-state index is 13.3. The minimum absolute atomic E-state index is 0.0864. The largest absolute Gasteiger partial charge is 0.350 e. The van der Waals surface area contributed by atoms with Crippen LogP contribution in [0.15, 0.2) is 48.9 Å². The third kappa shape index (κ3) is 3.39. The van der Waals surface area contributed by atoms with Crippen LogP contribution in [0.25, 0.3) is 5.65 Å². The van der Waals surface area contributed by atoms with Gasteiger partial charge in [0, 0.05) is 31.7 Å². The van der Waals surface area contributed by atoms with Gasteiger partial charge in [-0.05, 0) is 103 Å². The molecular formula is C28H31N5O2. The first-order valence-electron chi connectivity index (χ1n) is 13.0. The fourth-order valence-electron chi connectivity index (χ4n) is 8.00. The lowest BCUT2D eigenvalue weighted by Gasteiger charge is -2.36. The van der Waals surface area contributed by atoms with Gasteiger partial charge < -0.3 is 10.6 Å². The number of rotatable bonds is 7. The van der Waals surface area contributed by atoms with Crippen LogP contribution in [0.4, 0.5) is 0 Å². The van der Waals surface area contributed by atoms with E-state index in [4.69, 9.17) is 0 Å². The lowest BCUT2D eigenvalue weighted by molar-refractivity contribution is 0.0890. The van der Waals surface area contributed by atoms with Gasteiger partial charge in [0.2, 0.25) is 0 Å². The van der Waals surface area contributed by atoms with Gasteiger partial charge in [-0.2, -0.15) is 0 Å². The Kier molecular flexibility index (Phi) is 4.60. The molecule has 4 aliphatic carbocycles. The summed E-state index contributed by atoms with van der Waals surface area (Å²) in [7, 11) is 0. The Labute approximate surface area is 204 Å². The number of fused-ring (bicyclic) bond motifs is 2. The van der Waals surface area contributed by atoms with E-state index in [2.05, 4.69) is 20.6 Å². The van der Waals surface area contributed by atoms with E-state index in [1.807, 2.05) is 30.3 Å². The van der Waals surface area contributed by atoms with Crippen molar-refractivity contribution in [1.82, 2.24) is 25.0 Å². The van der Waals surface area contributed by atoms with Crippen molar-refractivity contribution in [3.63, 3.8) is 0 Å². The third-order valence-electron chi connectivity index (χ3n) is 9.62. The molecule has 4 aliphatic rings. The van der Waals surface area contributed by atoms with Crippen LogP contribution in [0.1, 0.15) is 65.1 Å². The number of hydrogen-bond donors (Lipinski definition) is 2. The predicted octanol–water partition coefficient (Wildman–Crippen LogP) is 3.65. The van der Waals surface area contributed by atoms with Gasteiger partial charge in [0.05, 0.1) is 0 Å². The van der Waals surface area contributed by atoms with Gasteiger partial charge in [0.15, 0.2) is 0 Å². The molecule has 7 rings (SSSR count). The molecule has 7 nitrogen and oxygen atoms in total. The number of pyridine rings is 2. The van der Waals surface area contributed by atoms with Crippen molar-refractivity contribution in [2.24, 2.45) is 28.6 Å². The number of carbonyl (C=O) groups is 2. The zero-order valence-corrected chi connectivity index (χ0v) is 19.9. The molecule has 4 saturated carbocycles. The molecule has 35 heavy (non-hydrogen) atoms. The van der Waals surface area contributed by atoms with E-state index in [9.17, 15) is 9.59 Å². The topological polar surface area (TPSA) is 88.4 Å². The van der Waals surface area contributed by atoms with Gasteiger partial charge in [-0.1, -0.05) is 6.07 Å². The van der Waals surface area contributed by atoms with Gasteiger partial charge in [-0.3, -0.25) is 19.0 Å². The molecule has 2 bridgehead atoms. The molecule has 2 amide bonds. The minimum Gasteiger partial charge on any atom is -0.350 e. The summed E-state index contributed by atoms with van der Waals surface area (Å²) in [5, 5.41) is 6.20. The Morgan fingerprint density at radius 3 is 2.80 bits per heavy atom. The van der Waals surface area contributed by atoms with E-state index >= 15 is 0 Å². The molecule has 5 atom stereocenters. The lowest BCUT2D eigenvalue weighted by Crippen LogP contribution is -2.39. The molecule has 0 aromatic carbocycles. The fraction of sp³-hybridized carbons (Fsp3) is 0.500. The summed E-state index contributed by atoms with van der Waals surface area (Å²) in [6.45, 7) is 1.27. The number of aromatic nitrogens is 3. The number of nitrogens with one attached hydrogen (secondary N) is 2. The number of amides is 2. The molecule has 180 valence electrons. The fourth-order valence-corrected chi connectivity index (χ4v) is 8.00. The van der Waals surface area contributed by atoms with Crippen LogP contribution >= 0.6 is 0 Å². The highest BCUT2D eigenvalue weighted by Gasteiger charge is 2.72. The maximum Gasteiger partial charge on any atom is 0.271 e. The van der Waals surface area contributed by atoms with Crippen LogP contribution in [0, 0.1) is 28.6 Å². The number of nitrogens with zero attached hydrogens (tertiary/aromatic N) is 3. The van der Waals surface area contributed by atoms with Crippen molar-refractivity contribution in [2.75, 3.05) is 13.1 Å². The Balaban J connectivity index is 1.02. The lowest BCUT2D eigenvalue weighted by atomic mass is 9.71. The monoisotopic (exact) mass is 469 g/mol. The van der Waals surface area contributed by atoms with E-state index in [1.165, 1.54) is 38.5 Å². The zero-order chi connectivity index (χ0) is 23.6. The van der Waals surface area contributed by atoms with Crippen LogP contribution < -0.4 is 10.6 Å². The van der Waals surface area contributed by atoms with E-state index in [1.54, 1.807) is 23.0 Å². The average molecular weight is 470 g/mol. The molecule has 2 N–H and O–H groups in total. The van der Waals surface area contributed by atoms with Gasteiger partial charge in [-0.15, -0.1) is 0 Å². The van der Waals surface area contributed by atoms with Gasteiger partial charge in [-0.25, -0.2) is 4.98 Å². The SMILES string of the molecule is O=C(NCCc1ccncc1)c1cn2c(C(=O)NCC34CC5CCC6(CC6C3)C5C4)cccc2n1. The summed E-state index contributed by atoms with van der Waals surface area (Å²) in [6, 6.07) is 9.35. The van der Waals surface area contributed by atoms with Crippen LogP contribution in [-0.4, -0.2) is 39.3 Å². The molecule has 0 saturated heterocycles. The highest BCUT2D eigenvalue weighted by atomic mass is 16.2. The van der Waals surface area contributed by atoms with Crippen molar-refractivity contribution in [3.8, 4) is 0 Å². The highest BCUT2D eigenvalue weighted by molar-refractivity contribution is 5.95. The van der Waals surface area contributed by atoms with Crippen LogP contribution in [0.2, 0.25) is 0 Å². The van der Waals surface area contributed by atoms with Crippen molar-refractivity contribution in [3.05, 3.63) is 65.9 Å². The molecule has 3 heterocycles. The molecule has 3 aromatic rings. The molecule has 5 unspecified atom stereocenters. The van der Waals surface area contributed by atoms with E-state index < -0.39 is 0 Å². The quantitative estimate of drug-likeness (QED) is 0.553. The van der Waals surface area contributed by atoms with Gasteiger partial charge in [0.1, 0.15) is 17.0 Å². The number of carbonyl (C=O) groups excluding carboxylic acids is 2. The van der Waals surface area contributed by atoms with Crippen LogP contribution in [-0.2, 0) is 6.42 Å².